The van der Waals surface area contributed by atoms with Crippen LogP contribution in [0.3, 0.4) is 0 Å². The summed E-state index contributed by atoms with van der Waals surface area (Å²) in [6.45, 7) is 0.768. The van der Waals surface area contributed by atoms with E-state index in [9.17, 15) is 5.26 Å². The van der Waals surface area contributed by atoms with Crippen molar-refractivity contribution in [3.8, 4) is 6.07 Å². The van der Waals surface area contributed by atoms with E-state index in [4.69, 9.17) is 11.6 Å². The van der Waals surface area contributed by atoms with Crippen LogP contribution in [0, 0.1) is 11.3 Å². The quantitative estimate of drug-likeness (QED) is 0.840. The summed E-state index contributed by atoms with van der Waals surface area (Å²) in [6.07, 6.45) is 0. The maximum atomic E-state index is 9.25. The summed E-state index contributed by atoms with van der Waals surface area (Å²) in [5, 5.41) is 13.1. The Labute approximate surface area is 128 Å². The second kappa shape index (κ2) is 7.35. The number of hydrogen-bond acceptors (Lipinski definition) is 3. The van der Waals surface area contributed by atoms with E-state index < -0.39 is 0 Å². The van der Waals surface area contributed by atoms with Gasteiger partial charge in [0.1, 0.15) is 6.07 Å². The molecule has 0 aliphatic carbocycles. The Morgan fingerprint density at radius 2 is 2.05 bits per heavy atom. The largest absolute Gasteiger partial charge is 0.316 e. The van der Waals surface area contributed by atoms with Crippen LogP contribution in [0.2, 0.25) is 5.02 Å². The molecule has 20 heavy (non-hydrogen) atoms. The van der Waals surface area contributed by atoms with Gasteiger partial charge in [0.25, 0.3) is 0 Å². The van der Waals surface area contributed by atoms with Crippen molar-refractivity contribution >= 4 is 23.4 Å². The summed E-state index contributed by atoms with van der Waals surface area (Å²) in [6, 6.07) is 16.0. The van der Waals surface area contributed by atoms with Gasteiger partial charge in [0.15, 0.2) is 0 Å². The lowest BCUT2D eigenvalue weighted by molar-refractivity contribution is 0.816. The van der Waals surface area contributed by atoms with E-state index >= 15 is 0 Å². The molecule has 0 amide bonds. The molecule has 0 aromatic heterocycles. The zero-order valence-corrected chi connectivity index (χ0v) is 12.8. The highest BCUT2D eigenvalue weighted by Gasteiger charge is 2.06. The Morgan fingerprint density at radius 3 is 2.75 bits per heavy atom. The third-order valence-electron chi connectivity index (χ3n) is 2.89. The summed E-state index contributed by atoms with van der Waals surface area (Å²) in [5.41, 5.74) is 2.92. The van der Waals surface area contributed by atoms with E-state index in [1.165, 1.54) is 0 Å². The van der Waals surface area contributed by atoms with Crippen molar-refractivity contribution in [3.63, 3.8) is 0 Å². The molecule has 2 aromatic rings. The standard InChI is InChI=1S/C16H15ClN2S/c1-19-10-12-6-7-16(14(8-12)9-18)20-11-13-4-2-3-5-15(13)17/h2-8,19H,10-11H2,1H3. The van der Waals surface area contributed by atoms with E-state index in [2.05, 4.69) is 11.4 Å². The van der Waals surface area contributed by atoms with Gasteiger partial charge in [-0.05, 0) is 36.4 Å². The molecule has 0 heterocycles. The van der Waals surface area contributed by atoms with E-state index in [1.54, 1.807) is 11.8 Å². The van der Waals surface area contributed by atoms with Crippen LogP contribution < -0.4 is 5.32 Å². The molecule has 0 aliphatic rings. The predicted molar refractivity (Wildman–Crippen MR) is 84.9 cm³/mol. The van der Waals surface area contributed by atoms with Crippen LogP contribution in [0.1, 0.15) is 16.7 Å². The Hall–Kier alpha value is -1.47. The summed E-state index contributed by atoms with van der Waals surface area (Å²) < 4.78 is 0. The van der Waals surface area contributed by atoms with Crippen LogP contribution in [-0.2, 0) is 12.3 Å². The number of rotatable bonds is 5. The summed E-state index contributed by atoms with van der Waals surface area (Å²) >= 11 is 7.78. The van der Waals surface area contributed by atoms with Crippen molar-refractivity contribution in [2.24, 2.45) is 0 Å². The molecule has 0 aliphatic heterocycles. The molecule has 0 saturated carbocycles. The zero-order chi connectivity index (χ0) is 14.4. The third kappa shape index (κ3) is 3.77. The molecule has 0 fully saturated rings. The van der Waals surface area contributed by atoms with Crippen molar-refractivity contribution in [2.75, 3.05) is 7.05 Å². The maximum Gasteiger partial charge on any atom is 0.100 e. The molecule has 0 unspecified atom stereocenters. The number of nitriles is 1. The lowest BCUT2D eigenvalue weighted by atomic mass is 10.1. The molecule has 0 saturated heterocycles. The molecule has 1 N–H and O–H groups in total. The van der Waals surface area contributed by atoms with Gasteiger partial charge >= 0.3 is 0 Å². The van der Waals surface area contributed by atoms with Crippen LogP contribution in [0.15, 0.2) is 47.4 Å². The Balaban J connectivity index is 2.14. The second-order valence-electron chi connectivity index (χ2n) is 4.35. The van der Waals surface area contributed by atoms with Gasteiger partial charge in [0, 0.05) is 22.2 Å². The van der Waals surface area contributed by atoms with Crippen LogP contribution in [-0.4, -0.2) is 7.05 Å². The summed E-state index contributed by atoms with van der Waals surface area (Å²) in [7, 11) is 1.89. The lowest BCUT2D eigenvalue weighted by Gasteiger charge is -2.08. The first-order chi connectivity index (χ1) is 9.74. The number of nitrogens with one attached hydrogen (secondary N) is 1. The molecule has 4 heteroatoms. The highest BCUT2D eigenvalue weighted by molar-refractivity contribution is 7.98. The van der Waals surface area contributed by atoms with Crippen molar-refractivity contribution in [2.45, 2.75) is 17.2 Å². The maximum absolute atomic E-state index is 9.25. The minimum Gasteiger partial charge on any atom is -0.316 e. The molecule has 0 atom stereocenters. The average Bonchev–Trinajstić information content (AvgIpc) is 2.47. The summed E-state index contributed by atoms with van der Waals surface area (Å²) in [4.78, 5) is 0.993. The lowest BCUT2D eigenvalue weighted by Crippen LogP contribution is -2.05. The fourth-order valence-electron chi connectivity index (χ4n) is 1.88. The second-order valence-corrected chi connectivity index (χ2v) is 5.78. The molecule has 2 nitrogen and oxygen atoms in total. The van der Waals surface area contributed by atoms with Crippen LogP contribution in [0.25, 0.3) is 0 Å². The van der Waals surface area contributed by atoms with Crippen LogP contribution in [0.4, 0.5) is 0 Å². The number of thioether (sulfide) groups is 1. The van der Waals surface area contributed by atoms with Gasteiger partial charge in [0.2, 0.25) is 0 Å². The topological polar surface area (TPSA) is 35.8 Å². The smallest absolute Gasteiger partial charge is 0.100 e. The van der Waals surface area contributed by atoms with Gasteiger partial charge < -0.3 is 5.32 Å². The Kier molecular flexibility index (Phi) is 5.49. The van der Waals surface area contributed by atoms with Gasteiger partial charge in [-0.2, -0.15) is 5.26 Å². The first-order valence-corrected chi connectivity index (χ1v) is 7.64. The SMILES string of the molecule is CNCc1ccc(SCc2ccccc2Cl)c(C#N)c1. The van der Waals surface area contributed by atoms with Crippen molar-refractivity contribution in [1.29, 1.82) is 5.26 Å². The molecule has 0 bridgehead atoms. The predicted octanol–water partition coefficient (Wildman–Crippen LogP) is 4.22. The van der Waals surface area contributed by atoms with E-state index in [0.717, 1.165) is 38.9 Å². The minimum absolute atomic E-state index is 0.717. The molecule has 0 spiro atoms. The average molecular weight is 303 g/mol. The Morgan fingerprint density at radius 1 is 1.25 bits per heavy atom. The van der Waals surface area contributed by atoms with Crippen molar-refractivity contribution < 1.29 is 0 Å². The monoisotopic (exact) mass is 302 g/mol. The van der Waals surface area contributed by atoms with Crippen molar-refractivity contribution in [1.82, 2.24) is 5.32 Å². The van der Waals surface area contributed by atoms with Gasteiger partial charge in [-0.1, -0.05) is 35.9 Å². The fraction of sp³-hybridized carbons (Fsp3) is 0.188. The molecule has 0 radical (unpaired) electrons. The van der Waals surface area contributed by atoms with Gasteiger partial charge in [0.05, 0.1) is 5.56 Å². The highest BCUT2D eigenvalue weighted by atomic mass is 35.5. The summed E-state index contributed by atoms with van der Waals surface area (Å²) in [5.74, 6) is 0.764. The van der Waals surface area contributed by atoms with Gasteiger partial charge in [-0.15, -0.1) is 11.8 Å². The molecular formula is C16H15ClN2S. The Bertz CT molecular complexity index is 635. The molecule has 102 valence electrons. The number of halogens is 1. The van der Waals surface area contributed by atoms with Gasteiger partial charge in [-0.25, -0.2) is 0 Å². The van der Waals surface area contributed by atoms with E-state index in [1.807, 2.05) is 49.5 Å². The van der Waals surface area contributed by atoms with Gasteiger partial charge in [-0.3, -0.25) is 0 Å². The zero-order valence-electron chi connectivity index (χ0n) is 11.2. The van der Waals surface area contributed by atoms with Crippen molar-refractivity contribution in [3.05, 3.63) is 64.2 Å². The molecular weight excluding hydrogens is 288 g/mol. The van der Waals surface area contributed by atoms with E-state index in [-0.39, 0.29) is 0 Å². The molecule has 2 rings (SSSR count). The number of benzene rings is 2. The third-order valence-corrected chi connectivity index (χ3v) is 4.38. The number of nitrogens with zero attached hydrogens (tertiary/aromatic N) is 1. The highest BCUT2D eigenvalue weighted by Crippen LogP contribution is 2.29. The first kappa shape index (κ1) is 14.9. The molecule has 2 aromatic carbocycles. The van der Waals surface area contributed by atoms with E-state index in [0.29, 0.717) is 0 Å². The minimum atomic E-state index is 0.717. The number of hydrogen-bond donors (Lipinski definition) is 1. The fourth-order valence-corrected chi connectivity index (χ4v) is 3.14. The van der Waals surface area contributed by atoms with Crippen LogP contribution >= 0.6 is 23.4 Å². The normalized spacial score (nSPS) is 10.2. The van der Waals surface area contributed by atoms with Crippen LogP contribution in [0.5, 0.6) is 0 Å². The first-order valence-electron chi connectivity index (χ1n) is 6.28.